The Labute approximate surface area is 141 Å². The number of carbonyl (C=O) groups is 2. The summed E-state index contributed by atoms with van der Waals surface area (Å²) in [6.07, 6.45) is 3.04. The molecular formula is C18H23N3O3. The summed E-state index contributed by atoms with van der Waals surface area (Å²) in [5.74, 6) is 1.03. The van der Waals surface area contributed by atoms with Crippen LogP contribution >= 0.6 is 0 Å². The number of hydrogen-bond donors (Lipinski definition) is 1. The third kappa shape index (κ3) is 4.44. The lowest BCUT2D eigenvalue weighted by molar-refractivity contribution is -0.118. The van der Waals surface area contributed by atoms with Crippen LogP contribution in [0.5, 0.6) is 5.75 Å². The zero-order chi connectivity index (χ0) is 17.5. The normalized spacial score (nSPS) is 11.8. The first-order valence-corrected chi connectivity index (χ1v) is 8.14. The molecule has 0 fully saturated rings. The second-order valence-corrected chi connectivity index (χ2v) is 5.56. The van der Waals surface area contributed by atoms with Crippen LogP contribution in [0.25, 0.3) is 0 Å². The second-order valence-electron chi connectivity index (χ2n) is 5.56. The Morgan fingerprint density at radius 3 is 2.54 bits per heavy atom. The maximum Gasteiger partial charge on any atom is 0.263 e. The highest BCUT2D eigenvalue weighted by atomic mass is 16.5. The fourth-order valence-corrected chi connectivity index (χ4v) is 2.21. The van der Waals surface area contributed by atoms with Crippen molar-refractivity contribution in [2.24, 2.45) is 0 Å². The molecule has 0 radical (unpaired) electrons. The lowest BCUT2D eigenvalue weighted by atomic mass is 10.1. The average Bonchev–Trinajstić information content (AvgIpc) is 3.07. The highest BCUT2D eigenvalue weighted by Crippen LogP contribution is 2.17. The number of carbonyl (C=O) groups excluding carboxylic acids is 2. The summed E-state index contributed by atoms with van der Waals surface area (Å²) in [5.41, 5.74) is 0.645. The van der Waals surface area contributed by atoms with Crippen molar-refractivity contribution < 1.29 is 14.3 Å². The van der Waals surface area contributed by atoms with Crippen molar-refractivity contribution in [2.75, 3.05) is 11.9 Å². The fourth-order valence-electron chi connectivity index (χ4n) is 2.21. The van der Waals surface area contributed by atoms with Gasteiger partial charge < -0.3 is 10.1 Å². The molecule has 0 aliphatic rings. The van der Waals surface area contributed by atoms with Crippen molar-refractivity contribution in [3.8, 4) is 5.75 Å². The van der Waals surface area contributed by atoms with Crippen molar-refractivity contribution >= 4 is 17.5 Å². The Kier molecular flexibility index (Phi) is 6.12. The average molecular weight is 329 g/mol. The molecule has 0 unspecified atom stereocenters. The van der Waals surface area contributed by atoms with Crippen LogP contribution in [0.3, 0.4) is 0 Å². The van der Waals surface area contributed by atoms with Crippen LogP contribution < -0.4 is 10.1 Å². The summed E-state index contributed by atoms with van der Waals surface area (Å²) in [6.45, 7) is 5.82. The smallest absolute Gasteiger partial charge is 0.263 e. The maximum atomic E-state index is 12.0. The Morgan fingerprint density at radius 1 is 1.21 bits per heavy atom. The zero-order valence-electron chi connectivity index (χ0n) is 14.3. The van der Waals surface area contributed by atoms with Gasteiger partial charge in [0, 0.05) is 18.1 Å². The van der Waals surface area contributed by atoms with E-state index in [9.17, 15) is 9.59 Å². The number of rotatable bonds is 8. The Bertz CT molecular complexity index is 692. The van der Waals surface area contributed by atoms with Gasteiger partial charge in [-0.1, -0.05) is 13.8 Å². The number of benzene rings is 1. The van der Waals surface area contributed by atoms with Crippen molar-refractivity contribution in [1.82, 2.24) is 9.78 Å². The number of nitrogens with one attached hydrogen (secondary N) is 1. The molecule has 24 heavy (non-hydrogen) atoms. The van der Waals surface area contributed by atoms with E-state index in [2.05, 4.69) is 17.3 Å². The van der Waals surface area contributed by atoms with Crippen LogP contribution in [-0.4, -0.2) is 28.1 Å². The number of ether oxygens (including phenoxy) is 1. The molecule has 1 amide bonds. The molecule has 1 aromatic carbocycles. The van der Waals surface area contributed by atoms with Gasteiger partial charge in [0.1, 0.15) is 11.6 Å². The lowest BCUT2D eigenvalue weighted by Gasteiger charge is -2.14. The van der Waals surface area contributed by atoms with Crippen LogP contribution in [0.1, 0.15) is 50.0 Å². The van der Waals surface area contributed by atoms with Gasteiger partial charge in [-0.2, -0.15) is 5.10 Å². The van der Waals surface area contributed by atoms with Gasteiger partial charge in [-0.25, -0.2) is 4.68 Å². The standard InChI is InChI=1S/C18H23N3O3/c1-4-13(3)21-17(10-11-19-21)20-18(23)12-24-15-8-6-14(7-9-15)16(22)5-2/h6-11,13H,4-5,12H2,1-3H3,(H,20,23)/t13-/m0/s1. The highest BCUT2D eigenvalue weighted by molar-refractivity contribution is 5.96. The summed E-state index contributed by atoms with van der Waals surface area (Å²) in [7, 11) is 0. The van der Waals surface area contributed by atoms with E-state index < -0.39 is 0 Å². The predicted molar refractivity (Wildman–Crippen MR) is 92.4 cm³/mol. The van der Waals surface area contributed by atoms with Crippen molar-refractivity contribution in [1.29, 1.82) is 0 Å². The summed E-state index contributed by atoms with van der Waals surface area (Å²) in [4.78, 5) is 23.6. The zero-order valence-corrected chi connectivity index (χ0v) is 14.3. The monoisotopic (exact) mass is 329 g/mol. The number of aromatic nitrogens is 2. The SMILES string of the molecule is CCC(=O)c1ccc(OCC(=O)Nc2ccnn2[C@@H](C)CC)cc1. The first kappa shape index (κ1) is 17.7. The maximum absolute atomic E-state index is 12.0. The quantitative estimate of drug-likeness (QED) is 0.753. The first-order chi connectivity index (χ1) is 11.5. The molecule has 0 aliphatic carbocycles. The molecule has 1 heterocycles. The van der Waals surface area contributed by atoms with E-state index >= 15 is 0 Å². The van der Waals surface area contributed by atoms with Crippen LogP contribution in [-0.2, 0) is 4.79 Å². The van der Waals surface area contributed by atoms with Gasteiger partial charge in [-0.05, 0) is 37.6 Å². The molecule has 0 spiro atoms. The Morgan fingerprint density at radius 2 is 1.92 bits per heavy atom. The molecule has 0 bridgehead atoms. The summed E-state index contributed by atoms with van der Waals surface area (Å²) < 4.78 is 7.24. The molecule has 1 N–H and O–H groups in total. The van der Waals surface area contributed by atoms with E-state index in [1.54, 1.807) is 41.2 Å². The molecule has 0 saturated heterocycles. The molecule has 1 atom stereocenters. The number of Topliss-reactive ketones (excluding diaryl/α,β-unsaturated/α-hetero) is 1. The molecule has 2 rings (SSSR count). The number of amides is 1. The minimum Gasteiger partial charge on any atom is -0.484 e. The van der Waals surface area contributed by atoms with E-state index in [4.69, 9.17) is 4.74 Å². The molecule has 2 aromatic rings. The van der Waals surface area contributed by atoms with E-state index in [0.717, 1.165) is 6.42 Å². The van der Waals surface area contributed by atoms with E-state index in [1.807, 2.05) is 13.8 Å². The Hall–Kier alpha value is -2.63. The lowest BCUT2D eigenvalue weighted by Crippen LogP contribution is -2.23. The summed E-state index contributed by atoms with van der Waals surface area (Å²) >= 11 is 0. The topological polar surface area (TPSA) is 73.2 Å². The number of nitrogens with zero attached hydrogens (tertiary/aromatic N) is 2. The van der Waals surface area contributed by atoms with Crippen molar-refractivity contribution in [3.63, 3.8) is 0 Å². The largest absolute Gasteiger partial charge is 0.484 e. The predicted octanol–water partition coefficient (Wildman–Crippen LogP) is 3.46. The van der Waals surface area contributed by atoms with Crippen LogP contribution in [0.2, 0.25) is 0 Å². The van der Waals surface area contributed by atoms with Crippen molar-refractivity contribution in [3.05, 3.63) is 42.1 Å². The van der Waals surface area contributed by atoms with Crippen LogP contribution in [0.4, 0.5) is 5.82 Å². The third-order valence-electron chi connectivity index (χ3n) is 3.81. The second kappa shape index (κ2) is 8.29. The molecular weight excluding hydrogens is 306 g/mol. The van der Waals surface area contributed by atoms with Gasteiger partial charge >= 0.3 is 0 Å². The molecule has 6 heteroatoms. The molecule has 6 nitrogen and oxygen atoms in total. The highest BCUT2D eigenvalue weighted by Gasteiger charge is 2.11. The first-order valence-electron chi connectivity index (χ1n) is 8.14. The van der Waals surface area contributed by atoms with Crippen LogP contribution in [0, 0.1) is 0 Å². The molecule has 0 saturated carbocycles. The summed E-state index contributed by atoms with van der Waals surface area (Å²) in [6, 6.07) is 8.77. The van der Waals surface area contributed by atoms with Gasteiger partial charge in [0.15, 0.2) is 12.4 Å². The van der Waals surface area contributed by atoms with Gasteiger partial charge in [-0.15, -0.1) is 0 Å². The minimum atomic E-state index is -0.256. The third-order valence-corrected chi connectivity index (χ3v) is 3.81. The van der Waals surface area contributed by atoms with Gasteiger partial charge in [0.05, 0.1) is 12.2 Å². The number of hydrogen-bond acceptors (Lipinski definition) is 4. The van der Waals surface area contributed by atoms with E-state index in [-0.39, 0.29) is 24.3 Å². The minimum absolute atomic E-state index is 0.0811. The number of anilines is 1. The van der Waals surface area contributed by atoms with E-state index in [1.165, 1.54) is 0 Å². The molecule has 128 valence electrons. The van der Waals surface area contributed by atoms with E-state index in [0.29, 0.717) is 23.6 Å². The van der Waals surface area contributed by atoms with Gasteiger partial charge in [0.2, 0.25) is 0 Å². The number of ketones is 1. The molecule has 0 aliphatic heterocycles. The Balaban J connectivity index is 1.89. The summed E-state index contributed by atoms with van der Waals surface area (Å²) in [5, 5.41) is 7.02. The van der Waals surface area contributed by atoms with Crippen molar-refractivity contribution in [2.45, 2.75) is 39.7 Å². The molecule has 1 aromatic heterocycles. The van der Waals surface area contributed by atoms with Gasteiger partial charge in [-0.3, -0.25) is 9.59 Å². The fraction of sp³-hybridized carbons (Fsp3) is 0.389. The van der Waals surface area contributed by atoms with Gasteiger partial charge in [0.25, 0.3) is 5.91 Å². The van der Waals surface area contributed by atoms with Crippen LogP contribution in [0.15, 0.2) is 36.5 Å².